The average molecular weight is 333 g/mol. The van der Waals surface area contributed by atoms with Gasteiger partial charge in [0.1, 0.15) is 6.10 Å². The predicted octanol–water partition coefficient (Wildman–Crippen LogP) is 2.44. The maximum absolute atomic E-state index is 12.3. The second kappa shape index (κ2) is 9.05. The van der Waals surface area contributed by atoms with Crippen molar-refractivity contribution in [2.24, 2.45) is 5.92 Å². The van der Waals surface area contributed by atoms with E-state index in [2.05, 4.69) is 5.32 Å². The third kappa shape index (κ3) is 5.68. The Morgan fingerprint density at radius 1 is 1.17 bits per heavy atom. The quantitative estimate of drug-likeness (QED) is 0.829. The number of amides is 1. The van der Waals surface area contributed by atoms with Crippen LogP contribution in [0.15, 0.2) is 30.3 Å². The van der Waals surface area contributed by atoms with Gasteiger partial charge in [0.05, 0.1) is 13.0 Å². The van der Waals surface area contributed by atoms with E-state index >= 15 is 0 Å². The van der Waals surface area contributed by atoms with Crippen LogP contribution in [0.5, 0.6) is 0 Å². The SMILES string of the molecule is O=C(O)C[C@@H]1CCCCCC(=O)O[C@H](c2ccccc2)CNC1=O. The van der Waals surface area contributed by atoms with Crippen molar-refractivity contribution in [2.45, 2.75) is 44.6 Å². The van der Waals surface area contributed by atoms with Gasteiger partial charge in [-0.05, 0) is 18.4 Å². The Balaban J connectivity index is 2.11. The van der Waals surface area contributed by atoms with Crippen molar-refractivity contribution in [1.29, 1.82) is 0 Å². The first-order valence-electron chi connectivity index (χ1n) is 8.30. The van der Waals surface area contributed by atoms with Crippen molar-refractivity contribution >= 4 is 17.8 Å². The van der Waals surface area contributed by atoms with Crippen molar-refractivity contribution < 1.29 is 24.2 Å². The van der Waals surface area contributed by atoms with Gasteiger partial charge in [-0.25, -0.2) is 0 Å². The lowest BCUT2D eigenvalue weighted by Gasteiger charge is -2.22. The highest BCUT2D eigenvalue weighted by Crippen LogP contribution is 2.21. The number of hydrogen-bond acceptors (Lipinski definition) is 4. The summed E-state index contributed by atoms with van der Waals surface area (Å²) in [5, 5.41) is 11.7. The number of carbonyl (C=O) groups excluding carboxylic acids is 2. The maximum Gasteiger partial charge on any atom is 0.306 e. The molecule has 24 heavy (non-hydrogen) atoms. The first-order valence-corrected chi connectivity index (χ1v) is 8.30. The van der Waals surface area contributed by atoms with Gasteiger partial charge in [-0.1, -0.05) is 43.2 Å². The molecule has 0 aliphatic carbocycles. The van der Waals surface area contributed by atoms with Gasteiger partial charge in [-0.3, -0.25) is 14.4 Å². The Kier molecular flexibility index (Phi) is 6.78. The van der Waals surface area contributed by atoms with E-state index in [0.717, 1.165) is 18.4 Å². The summed E-state index contributed by atoms with van der Waals surface area (Å²) in [4.78, 5) is 35.2. The molecular formula is C18H23NO5. The molecule has 2 N–H and O–H groups in total. The van der Waals surface area contributed by atoms with Crippen LogP contribution in [0.25, 0.3) is 0 Å². The second-order valence-electron chi connectivity index (χ2n) is 6.03. The van der Waals surface area contributed by atoms with Gasteiger partial charge in [0.25, 0.3) is 0 Å². The number of hydrogen-bond donors (Lipinski definition) is 2. The zero-order chi connectivity index (χ0) is 17.4. The van der Waals surface area contributed by atoms with Gasteiger partial charge in [0, 0.05) is 12.3 Å². The Morgan fingerprint density at radius 2 is 1.92 bits per heavy atom. The van der Waals surface area contributed by atoms with E-state index in [1.54, 1.807) is 0 Å². The molecule has 2 atom stereocenters. The van der Waals surface area contributed by atoms with Crippen LogP contribution in [0, 0.1) is 5.92 Å². The molecule has 0 unspecified atom stereocenters. The van der Waals surface area contributed by atoms with Crippen LogP contribution in [-0.2, 0) is 19.1 Å². The van der Waals surface area contributed by atoms with Crippen LogP contribution in [0.4, 0.5) is 0 Å². The van der Waals surface area contributed by atoms with Crippen LogP contribution in [0.3, 0.4) is 0 Å². The van der Waals surface area contributed by atoms with Crippen molar-refractivity contribution in [3.63, 3.8) is 0 Å². The Morgan fingerprint density at radius 3 is 2.62 bits per heavy atom. The van der Waals surface area contributed by atoms with E-state index in [4.69, 9.17) is 9.84 Å². The monoisotopic (exact) mass is 333 g/mol. The lowest BCUT2D eigenvalue weighted by molar-refractivity contribution is -0.150. The molecule has 130 valence electrons. The summed E-state index contributed by atoms with van der Waals surface area (Å²) in [7, 11) is 0. The van der Waals surface area contributed by atoms with Gasteiger partial charge >= 0.3 is 11.9 Å². The molecule has 1 aromatic rings. The van der Waals surface area contributed by atoms with Crippen LogP contribution < -0.4 is 5.32 Å². The number of benzene rings is 1. The highest BCUT2D eigenvalue weighted by atomic mass is 16.5. The topological polar surface area (TPSA) is 92.7 Å². The fraction of sp³-hybridized carbons (Fsp3) is 0.500. The Labute approximate surface area is 141 Å². The molecule has 6 nitrogen and oxygen atoms in total. The van der Waals surface area contributed by atoms with Crippen LogP contribution in [0.1, 0.15) is 50.2 Å². The molecule has 0 bridgehead atoms. The second-order valence-corrected chi connectivity index (χ2v) is 6.03. The molecule has 0 saturated carbocycles. The number of ether oxygens (including phenoxy) is 1. The summed E-state index contributed by atoms with van der Waals surface area (Å²) in [6, 6.07) is 9.22. The van der Waals surface area contributed by atoms with Gasteiger partial charge in [-0.2, -0.15) is 0 Å². The third-order valence-corrected chi connectivity index (χ3v) is 4.13. The molecule has 6 heteroatoms. The molecular weight excluding hydrogens is 310 g/mol. The molecule has 1 heterocycles. The van der Waals surface area contributed by atoms with Crippen molar-refractivity contribution in [3.8, 4) is 0 Å². The van der Waals surface area contributed by atoms with Gasteiger partial charge < -0.3 is 15.2 Å². The number of cyclic esters (lactones) is 1. The molecule has 1 saturated heterocycles. The fourth-order valence-electron chi connectivity index (χ4n) is 2.82. The standard InChI is InChI=1S/C18H23NO5/c20-16(21)11-14-9-5-2-6-10-17(22)24-15(12-19-18(14)23)13-7-3-1-4-8-13/h1,3-4,7-8,14-15H,2,5-6,9-12H2,(H,19,23)(H,20,21)/t14-,15-/m0/s1. The van der Waals surface area contributed by atoms with Crippen LogP contribution in [0.2, 0.25) is 0 Å². The average Bonchev–Trinajstić information content (AvgIpc) is 2.56. The largest absolute Gasteiger partial charge is 0.481 e. The summed E-state index contributed by atoms with van der Waals surface area (Å²) in [5.74, 6) is -2.10. The third-order valence-electron chi connectivity index (χ3n) is 4.13. The van der Waals surface area contributed by atoms with Crippen molar-refractivity contribution in [1.82, 2.24) is 5.32 Å². The minimum absolute atomic E-state index is 0.144. The van der Waals surface area contributed by atoms with Crippen molar-refractivity contribution in [3.05, 3.63) is 35.9 Å². The number of carboxylic acids is 1. The summed E-state index contributed by atoms with van der Waals surface area (Å²) < 4.78 is 5.50. The fourth-order valence-corrected chi connectivity index (χ4v) is 2.82. The molecule has 0 spiro atoms. The number of carboxylic acid groups (broad SMARTS) is 1. The van der Waals surface area contributed by atoms with E-state index in [9.17, 15) is 14.4 Å². The molecule has 2 rings (SSSR count). The summed E-state index contributed by atoms with van der Waals surface area (Å²) >= 11 is 0. The highest BCUT2D eigenvalue weighted by Gasteiger charge is 2.24. The number of rotatable bonds is 3. The molecule has 1 fully saturated rings. The van der Waals surface area contributed by atoms with E-state index < -0.39 is 18.0 Å². The minimum Gasteiger partial charge on any atom is -0.481 e. The van der Waals surface area contributed by atoms with Gasteiger partial charge in [-0.15, -0.1) is 0 Å². The van der Waals surface area contributed by atoms with E-state index in [1.165, 1.54) is 0 Å². The minimum atomic E-state index is -0.978. The summed E-state index contributed by atoms with van der Waals surface area (Å²) in [5.41, 5.74) is 0.804. The Hall–Kier alpha value is -2.37. The van der Waals surface area contributed by atoms with E-state index in [1.807, 2.05) is 30.3 Å². The molecule has 0 radical (unpaired) electrons. The van der Waals surface area contributed by atoms with E-state index in [-0.39, 0.29) is 24.8 Å². The van der Waals surface area contributed by atoms with E-state index in [0.29, 0.717) is 19.3 Å². The normalized spacial score (nSPS) is 23.3. The van der Waals surface area contributed by atoms with Crippen molar-refractivity contribution in [2.75, 3.05) is 6.54 Å². The number of aliphatic carboxylic acids is 1. The predicted molar refractivity (Wildman–Crippen MR) is 87.1 cm³/mol. The number of esters is 1. The first kappa shape index (κ1) is 18.0. The molecule has 1 aliphatic rings. The maximum atomic E-state index is 12.3. The molecule has 1 aliphatic heterocycles. The molecule has 0 aromatic heterocycles. The lowest BCUT2D eigenvalue weighted by Crippen LogP contribution is -2.36. The zero-order valence-corrected chi connectivity index (χ0v) is 13.6. The highest BCUT2D eigenvalue weighted by molar-refractivity contribution is 5.83. The Bertz CT molecular complexity index is 572. The lowest BCUT2D eigenvalue weighted by atomic mass is 9.96. The number of carbonyl (C=O) groups is 3. The zero-order valence-electron chi connectivity index (χ0n) is 13.6. The van der Waals surface area contributed by atoms with Gasteiger partial charge in [0.2, 0.25) is 5.91 Å². The molecule has 1 aromatic carbocycles. The summed E-state index contributed by atoms with van der Waals surface area (Å²) in [6.07, 6.45) is 2.29. The van der Waals surface area contributed by atoms with Gasteiger partial charge in [0.15, 0.2) is 0 Å². The van der Waals surface area contributed by atoms with Crippen LogP contribution in [-0.4, -0.2) is 29.5 Å². The summed E-state index contributed by atoms with van der Waals surface area (Å²) in [6.45, 7) is 0.144. The first-order chi connectivity index (χ1) is 11.6. The smallest absolute Gasteiger partial charge is 0.306 e. The number of nitrogens with one attached hydrogen (secondary N) is 1. The van der Waals surface area contributed by atoms with Crippen LogP contribution >= 0.6 is 0 Å². The molecule has 1 amide bonds.